The van der Waals surface area contributed by atoms with Gasteiger partial charge in [0.25, 0.3) is 5.91 Å². The molecule has 0 saturated heterocycles. The lowest BCUT2D eigenvalue weighted by atomic mass is 10.1. The number of fused-ring (bicyclic) bond motifs is 3. The number of halogens is 4. The van der Waals surface area contributed by atoms with Gasteiger partial charge >= 0.3 is 12.2 Å². The number of aryl methyl sites for hydroxylation is 1. The number of pyridine rings is 1. The molecule has 0 aliphatic heterocycles. The summed E-state index contributed by atoms with van der Waals surface area (Å²) in [6.07, 6.45) is -3.08. The van der Waals surface area contributed by atoms with Crippen molar-refractivity contribution in [3.8, 4) is 0 Å². The summed E-state index contributed by atoms with van der Waals surface area (Å²) in [6.45, 7) is 2.46. The molecule has 3 amide bonds. The third-order valence-electron chi connectivity index (χ3n) is 5.32. The number of hydrogen-bond acceptors (Lipinski definition) is 3. The average molecular weight is 490 g/mol. The van der Waals surface area contributed by atoms with Gasteiger partial charge in [0.2, 0.25) is 0 Å². The Labute approximate surface area is 196 Å². The van der Waals surface area contributed by atoms with E-state index in [0.717, 1.165) is 28.4 Å². The molecule has 0 unspecified atom stereocenters. The molecule has 0 bridgehead atoms. The van der Waals surface area contributed by atoms with Crippen molar-refractivity contribution < 1.29 is 22.8 Å². The number of hydrogen-bond donors (Lipinski definition) is 3. The van der Waals surface area contributed by atoms with E-state index in [2.05, 4.69) is 20.9 Å². The van der Waals surface area contributed by atoms with E-state index in [1.807, 2.05) is 17.6 Å². The normalized spacial score (nSPS) is 11.6. The Hall–Kier alpha value is -3.79. The van der Waals surface area contributed by atoms with Gasteiger partial charge in [0.05, 0.1) is 21.6 Å². The highest BCUT2D eigenvalue weighted by Gasteiger charge is 2.33. The van der Waals surface area contributed by atoms with E-state index in [4.69, 9.17) is 11.6 Å². The van der Waals surface area contributed by atoms with Crippen molar-refractivity contribution in [2.75, 3.05) is 17.7 Å². The lowest BCUT2D eigenvalue weighted by molar-refractivity contribution is -0.137. The molecular weight excluding hydrogens is 471 g/mol. The average Bonchev–Trinajstić information content (AvgIpc) is 3.11. The van der Waals surface area contributed by atoms with Crippen molar-refractivity contribution >= 4 is 56.7 Å². The van der Waals surface area contributed by atoms with Crippen LogP contribution in [0.1, 0.15) is 23.0 Å². The number of benzene rings is 2. The predicted octanol–water partition coefficient (Wildman–Crippen LogP) is 5.89. The second-order valence-electron chi connectivity index (χ2n) is 7.38. The summed E-state index contributed by atoms with van der Waals surface area (Å²) >= 11 is 5.62. The van der Waals surface area contributed by atoms with Crippen LogP contribution in [0, 0.1) is 0 Å². The molecule has 7 nitrogen and oxygen atoms in total. The Kier molecular flexibility index (Phi) is 6.09. The molecule has 4 aromatic rings. The number of nitrogens with zero attached hydrogens (tertiary/aromatic N) is 2. The van der Waals surface area contributed by atoms with E-state index >= 15 is 0 Å². The van der Waals surface area contributed by atoms with Crippen LogP contribution < -0.4 is 16.0 Å². The third kappa shape index (κ3) is 4.24. The minimum absolute atomic E-state index is 0.0562. The molecule has 34 heavy (non-hydrogen) atoms. The predicted molar refractivity (Wildman–Crippen MR) is 125 cm³/mol. The number of carbonyl (C=O) groups is 2. The highest BCUT2D eigenvalue weighted by atomic mass is 35.5. The standard InChI is InChI=1S/C23H19ClF3N5O2/c1-3-32-18-11-13(4-6-14(18)15-8-9-29-19(20(15)32)21(33)28-2)31-22(34)30-12-5-7-17(24)16(10-12)23(25,26)27/h4-11H,3H2,1-2H3,(H,28,33)(H2,30,31,34). The van der Waals surface area contributed by atoms with Crippen molar-refractivity contribution in [3.63, 3.8) is 0 Å². The van der Waals surface area contributed by atoms with Crippen LogP contribution in [0.2, 0.25) is 5.02 Å². The number of anilines is 2. The first-order chi connectivity index (χ1) is 16.1. The maximum Gasteiger partial charge on any atom is 0.417 e. The molecule has 2 aromatic heterocycles. The Balaban J connectivity index is 1.67. The van der Waals surface area contributed by atoms with Gasteiger partial charge in [-0.05, 0) is 43.3 Å². The van der Waals surface area contributed by atoms with Gasteiger partial charge in [0.1, 0.15) is 0 Å². The largest absolute Gasteiger partial charge is 0.417 e. The second-order valence-corrected chi connectivity index (χ2v) is 7.79. The molecule has 2 aromatic carbocycles. The zero-order chi connectivity index (χ0) is 24.6. The number of carbonyl (C=O) groups excluding carboxylic acids is 2. The molecule has 4 rings (SSSR count). The molecule has 0 aliphatic rings. The quantitative estimate of drug-likeness (QED) is 0.334. The summed E-state index contributed by atoms with van der Waals surface area (Å²) in [6, 6.07) is 9.42. The van der Waals surface area contributed by atoms with Gasteiger partial charge < -0.3 is 20.5 Å². The highest BCUT2D eigenvalue weighted by Crippen LogP contribution is 2.36. The van der Waals surface area contributed by atoms with Crippen LogP contribution in [0.5, 0.6) is 0 Å². The maximum absolute atomic E-state index is 13.1. The molecule has 176 valence electrons. The van der Waals surface area contributed by atoms with E-state index in [-0.39, 0.29) is 17.3 Å². The van der Waals surface area contributed by atoms with Crippen LogP contribution in [0.3, 0.4) is 0 Å². The van der Waals surface area contributed by atoms with Crippen LogP contribution >= 0.6 is 11.6 Å². The maximum atomic E-state index is 13.1. The fourth-order valence-corrected chi connectivity index (χ4v) is 4.08. The summed E-state index contributed by atoms with van der Waals surface area (Å²) in [7, 11) is 1.53. The van der Waals surface area contributed by atoms with Crippen molar-refractivity contribution in [3.05, 3.63) is 64.9 Å². The molecule has 0 fully saturated rings. The monoisotopic (exact) mass is 489 g/mol. The summed E-state index contributed by atoms with van der Waals surface area (Å²) in [5.74, 6) is -0.318. The lowest BCUT2D eigenvalue weighted by Gasteiger charge is -2.12. The molecule has 3 N–H and O–H groups in total. The van der Waals surface area contributed by atoms with Crippen molar-refractivity contribution in [1.82, 2.24) is 14.9 Å². The van der Waals surface area contributed by atoms with Crippen LogP contribution in [-0.2, 0) is 12.7 Å². The first-order valence-corrected chi connectivity index (χ1v) is 10.6. The van der Waals surface area contributed by atoms with Crippen molar-refractivity contribution in [1.29, 1.82) is 0 Å². The lowest BCUT2D eigenvalue weighted by Crippen LogP contribution is -2.20. The zero-order valence-corrected chi connectivity index (χ0v) is 18.8. The molecule has 2 heterocycles. The topological polar surface area (TPSA) is 88.1 Å². The molecule has 0 spiro atoms. The smallest absolute Gasteiger partial charge is 0.354 e. The summed E-state index contributed by atoms with van der Waals surface area (Å²) in [5, 5.41) is 8.84. The summed E-state index contributed by atoms with van der Waals surface area (Å²) in [4.78, 5) is 29.0. The van der Waals surface area contributed by atoms with Crippen molar-refractivity contribution in [2.24, 2.45) is 0 Å². The molecular formula is C23H19ClF3N5O2. The first kappa shape index (κ1) is 23.4. The highest BCUT2D eigenvalue weighted by molar-refractivity contribution is 6.31. The minimum atomic E-state index is -4.65. The number of urea groups is 1. The van der Waals surface area contributed by atoms with Gasteiger partial charge in [-0.15, -0.1) is 0 Å². The van der Waals surface area contributed by atoms with E-state index in [0.29, 0.717) is 17.7 Å². The number of alkyl halides is 3. The van der Waals surface area contributed by atoms with Crippen LogP contribution in [0.25, 0.3) is 21.8 Å². The van der Waals surface area contributed by atoms with E-state index in [1.54, 1.807) is 24.4 Å². The fraction of sp³-hybridized carbons (Fsp3) is 0.174. The molecule has 0 radical (unpaired) electrons. The van der Waals surface area contributed by atoms with Gasteiger partial charge in [0.15, 0.2) is 5.69 Å². The van der Waals surface area contributed by atoms with Crippen LogP contribution in [-0.4, -0.2) is 28.5 Å². The van der Waals surface area contributed by atoms with E-state index < -0.39 is 22.8 Å². The van der Waals surface area contributed by atoms with E-state index in [1.165, 1.54) is 13.1 Å². The van der Waals surface area contributed by atoms with Gasteiger partial charge in [-0.25, -0.2) is 9.78 Å². The van der Waals surface area contributed by atoms with Gasteiger partial charge in [-0.3, -0.25) is 4.79 Å². The molecule has 0 aliphatic carbocycles. The Morgan fingerprint density at radius 1 is 1.03 bits per heavy atom. The van der Waals surface area contributed by atoms with Gasteiger partial charge in [0, 0.05) is 41.9 Å². The number of rotatable bonds is 4. The Morgan fingerprint density at radius 3 is 2.35 bits per heavy atom. The van der Waals surface area contributed by atoms with Crippen molar-refractivity contribution in [2.45, 2.75) is 19.6 Å². The molecule has 0 atom stereocenters. The van der Waals surface area contributed by atoms with Gasteiger partial charge in [-0.1, -0.05) is 17.7 Å². The molecule has 0 saturated carbocycles. The summed E-state index contributed by atoms with van der Waals surface area (Å²) in [5.41, 5.74) is 1.04. The number of aromatic nitrogens is 2. The Morgan fingerprint density at radius 2 is 1.71 bits per heavy atom. The summed E-state index contributed by atoms with van der Waals surface area (Å²) < 4.78 is 41.1. The number of nitrogens with one attached hydrogen (secondary N) is 3. The van der Waals surface area contributed by atoms with E-state index in [9.17, 15) is 22.8 Å². The first-order valence-electron chi connectivity index (χ1n) is 10.2. The fourth-order valence-electron chi connectivity index (χ4n) is 3.85. The zero-order valence-electron chi connectivity index (χ0n) is 18.0. The number of amides is 3. The van der Waals surface area contributed by atoms with Crippen LogP contribution in [0.15, 0.2) is 48.7 Å². The Bertz CT molecular complexity index is 1430. The van der Waals surface area contributed by atoms with Crippen LogP contribution in [0.4, 0.5) is 29.3 Å². The SMILES string of the molecule is CCn1c2cc(NC(=O)Nc3ccc(Cl)c(C(F)(F)F)c3)ccc2c2ccnc(C(=O)NC)c21. The molecule has 11 heteroatoms. The van der Waals surface area contributed by atoms with Gasteiger partial charge in [-0.2, -0.15) is 13.2 Å². The second kappa shape index (κ2) is 8.86. The third-order valence-corrected chi connectivity index (χ3v) is 5.65. The minimum Gasteiger partial charge on any atom is -0.354 e.